The molecule has 1 aromatic carbocycles. The fourth-order valence-corrected chi connectivity index (χ4v) is 2.79. The smallest absolute Gasteiger partial charge is 1.00 e. The Bertz CT molecular complexity index is 1030. The van der Waals surface area contributed by atoms with Gasteiger partial charge in [-0.1, -0.05) is 18.2 Å². The van der Waals surface area contributed by atoms with E-state index in [0.29, 0.717) is 17.0 Å². The minimum Gasteiger partial charge on any atom is -1.00 e. The molecule has 0 spiro atoms. The summed E-state index contributed by atoms with van der Waals surface area (Å²) < 4.78 is 35.3. The standard InChI is InChI=1S/C18H19NO7S.Na.H/c1-12-10-16(21)17(18(22)19-12)15(20)7-6-13-4-2-5-14(11-13)26-8-3-9-27(23,24)25;;/h2,4-7,10-11H,3,8-9H2,1H3,(H2,19,21,22)(H,23,24,25);;/q;+1;-1/b7-6+;;. The fourth-order valence-electron chi connectivity index (χ4n) is 2.30. The summed E-state index contributed by atoms with van der Waals surface area (Å²) in [4.78, 5) is 26.5. The van der Waals surface area contributed by atoms with Gasteiger partial charge in [0, 0.05) is 5.69 Å². The molecule has 0 aliphatic heterocycles. The average molecular weight is 417 g/mol. The number of aryl methyl sites for hydroxylation is 1. The van der Waals surface area contributed by atoms with Gasteiger partial charge in [-0.25, -0.2) is 0 Å². The Morgan fingerprint density at radius 2 is 2.04 bits per heavy atom. The molecule has 1 heterocycles. The van der Waals surface area contributed by atoms with Gasteiger partial charge >= 0.3 is 29.6 Å². The zero-order valence-corrected chi connectivity index (χ0v) is 18.3. The molecular weight excluding hydrogens is 397 g/mol. The summed E-state index contributed by atoms with van der Waals surface area (Å²) in [6, 6.07) is 7.95. The molecule has 0 aliphatic rings. The number of H-pyrrole nitrogens is 1. The topological polar surface area (TPSA) is 134 Å². The van der Waals surface area contributed by atoms with Gasteiger partial charge in [-0.15, -0.1) is 0 Å². The number of carbonyl (C=O) groups excluding carboxylic acids is 1. The summed E-state index contributed by atoms with van der Waals surface area (Å²) in [5.74, 6) is -0.971. The summed E-state index contributed by atoms with van der Waals surface area (Å²) >= 11 is 0. The third kappa shape index (κ3) is 7.61. The number of rotatable bonds is 8. The molecule has 0 unspecified atom stereocenters. The minimum absolute atomic E-state index is 0. The van der Waals surface area contributed by atoms with Gasteiger partial charge < -0.3 is 16.3 Å². The SMILES string of the molecule is Cc1cc(O)c(C(=O)/C=C/c2cccc(OCCCS(=O)(=O)O)c2)c(=O)[nH]1.[H-].[Na+]. The summed E-state index contributed by atoms with van der Waals surface area (Å²) in [5.41, 5.74) is 0.0445. The van der Waals surface area contributed by atoms with Crippen LogP contribution in [0.3, 0.4) is 0 Å². The third-order valence-corrected chi connectivity index (χ3v) is 4.30. The van der Waals surface area contributed by atoms with E-state index >= 15 is 0 Å². The number of pyridine rings is 1. The molecule has 28 heavy (non-hydrogen) atoms. The first-order valence-corrected chi connectivity index (χ1v) is 9.60. The van der Waals surface area contributed by atoms with Crippen LogP contribution in [-0.2, 0) is 10.1 Å². The quantitative estimate of drug-likeness (QED) is 0.166. The number of benzene rings is 1. The van der Waals surface area contributed by atoms with Gasteiger partial charge in [0.1, 0.15) is 17.1 Å². The fraction of sp³-hybridized carbons (Fsp3) is 0.222. The van der Waals surface area contributed by atoms with Crippen LogP contribution in [0.4, 0.5) is 0 Å². The first-order chi connectivity index (χ1) is 12.7. The molecule has 2 rings (SSSR count). The van der Waals surface area contributed by atoms with Crippen molar-refractivity contribution in [3.8, 4) is 11.5 Å². The molecule has 10 heteroatoms. The average Bonchev–Trinajstić information content (AvgIpc) is 2.55. The molecule has 1 aromatic heterocycles. The summed E-state index contributed by atoms with van der Waals surface area (Å²) in [6.45, 7) is 1.69. The number of carbonyl (C=O) groups is 1. The molecule has 0 saturated heterocycles. The number of hydrogen-bond acceptors (Lipinski definition) is 6. The van der Waals surface area contributed by atoms with Crippen LogP contribution in [-0.4, -0.2) is 41.2 Å². The number of ketones is 1. The van der Waals surface area contributed by atoms with Crippen molar-refractivity contribution in [3.05, 3.63) is 63.6 Å². The van der Waals surface area contributed by atoms with Crippen LogP contribution in [0.2, 0.25) is 0 Å². The zero-order valence-electron chi connectivity index (χ0n) is 16.5. The first kappa shape index (κ1) is 24.1. The van der Waals surface area contributed by atoms with Crippen LogP contribution in [0.15, 0.2) is 41.2 Å². The van der Waals surface area contributed by atoms with Gasteiger partial charge in [0.2, 0.25) is 0 Å². The van der Waals surface area contributed by atoms with E-state index in [1.165, 1.54) is 12.1 Å². The van der Waals surface area contributed by atoms with E-state index in [-0.39, 0.29) is 55.3 Å². The van der Waals surface area contributed by atoms with Crippen molar-refractivity contribution >= 4 is 22.0 Å². The second-order valence-corrected chi connectivity index (χ2v) is 7.37. The first-order valence-electron chi connectivity index (χ1n) is 7.99. The van der Waals surface area contributed by atoms with Crippen molar-refractivity contribution in [2.24, 2.45) is 0 Å². The largest absolute Gasteiger partial charge is 1.00 e. The molecule has 0 fully saturated rings. The summed E-state index contributed by atoms with van der Waals surface area (Å²) in [7, 11) is -4.02. The van der Waals surface area contributed by atoms with E-state index < -0.39 is 27.2 Å². The molecular formula is C18H20NNaO7S. The van der Waals surface area contributed by atoms with Crippen molar-refractivity contribution in [2.75, 3.05) is 12.4 Å². The molecule has 8 nitrogen and oxygen atoms in total. The van der Waals surface area contributed by atoms with Crippen LogP contribution < -0.4 is 39.9 Å². The Morgan fingerprint density at radius 1 is 1.32 bits per heavy atom. The number of hydrogen-bond donors (Lipinski definition) is 3. The van der Waals surface area contributed by atoms with Crippen LogP contribution in [0.5, 0.6) is 11.5 Å². The molecule has 0 atom stereocenters. The van der Waals surface area contributed by atoms with E-state index in [9.17, 15) is 23.1 Å². The van der Waals surface area contributed by atoms with Crippen LogP contribution in [0, 0.1) is 6.92 Å². The van der Waals surface area contributed by atoms with E-state index in [1.807, 2.05) is 0 Å². The van der Waals surface area contributed by atoms with Gasteiger partial charge in [0.05, 0.1) is 12.4 Å². The zero-order chi connectivity index (χ0) is 20.0. The number of aromatic nitrogens is 1. The Hall–Kier alpha value is -1.91. The predicted molar refractivity (Wildman–Crippen MR) is 101 cm³/mol. The predicted octanol–water partition coefficient (Wildman–Crippen LogP) is -0.942. The van der Waals surface area contributed by atoms with Gasteiger partial charge in [-0.3, -0.25) is 14.1 Å². The number of aromatic amines is 1. The van der Waals surface area contributed by atoms with Gasteiger partial charge in [0.15, 0.2) is 5.78 Å². The van der Waals surface area contributed by atoms with Crippen molar-refractivity contribution in [1.29, 1.82) is 0 Å². The van der Waals surface area contributed by atoms with E-state index in [0.717, 1.165) is 6.08 Å². The van der Waals surface area contributed by atoms with Crippen molar-refractivity contribution in [2.45, 2.75) is 13.3 Å². The molecule has 0 aliphatic carbocycles. The maximum atomic E-state index is 12.2. The second-order valence-electron chi connectivity index (χ2n) is 5.80. The number of ether oxygens (including phenoxy) is 1. The van der Waals surface area contributed by atoms with Crippen molar-refractivity contribution in [3.63, 3.8) is 0 Å². The van der Waals surface area contributed by atoms with Crippen LogP contribution in [0.1, 0.15) is 29.5 Å². The van der Waals surface area contributed by atoms with E-state index in [2.05, 4.69) is 4.98 Å². The van der Waals surface area contributed by atoms with Crippen LogP contribution >= 0.6 is 0 Å². The maximum Gasteiger partial charge on any atom is 1.00 e. The van der Waals surface area contributed by atoms with Crippen LogP contribution in [0.25, 0.3) is 6.08 Å². The molecule has 3 N–H and O–H groups in total. The molecule has 0 saturated carbocycles. The van der Waals surface area contributed by atoms with Gasteiger partial charge in [-0.2, -0.15) is 8.42 Å². The Balaban J connectivity index is 0.00000392. The Kier molecular flexibility index (Phi) is 9.12. The molecule has 0 radical (unpaired) electrons. The Morgan fingerprint density at radius 3 is 2.68 bits per heavy atom. The van der Waals surface area contributed by atoms with Gasteiger partial charge in [-0.05, 0) is 43.2 Å². The number of aromatic hydroxyl groups is 1. The molecule has 2 aromatic rings. The maximum absolute atomic E-state index is 12.2. The van der Waals surface area contributed by atoms with Gasteiger partial charge in [0.25, 0.3) is 15.7 Å². The normalized spacial score (nSPS) is 11.2. The summed E-state index contributed by atoms with van der Waals surface area (Å²) in [6.07, 6.45) is 2.76. The Labute approximate surface area is 185 Å². The van der Waals surface area contributed by atoms with Crippen molar-refractivity contribution < 1.29 is 58.6 Å². The molecule has 0 bridgehead atoms. The molecule has 0 amide bonds. The third-order valence-electron chi connectivity index (χ3n) is 3.49. The number of nitrogens with one attached hydrogen (secondary N) is 1. The van der Waals surface area contributed by atoms with E-state index in [4.69, 9.17) is 9.29 Å². The second kappa shape index (κ2) is 10.6. The molecule has 146 valence electrons. The van der Waals surface area contributed by atoms with Crippen molar-refractivity contribution in [1.82, 2.24) is 4.98 Å². The summed E-state index contributed by atoms with van der Waals surface area (Å²) in [5, 5.41) is 9.81. The van der Waals surface area contributed by atoms with E-state index in [1.54, 1.807) is 31.2 Å². The number of allylic oxidation sites excluding steroid dienone is 1. The minimum atomic E-state index is -4.02. The monoisotopic (exact) mass is 417 g/mol.